The van der Waals surface area contributed by atoms with Crippen LogP contribution in [0.3, 0.4) is 0 Å². The summed E-state index contributed by atoms with van der Waals surface area (Å²) in [6, 6.07) is 12.9. The van der Waals surface area contributed by atoms with Gasteiger partial charge in [-0.05, 0) is 54.7 Å². The van der Waals surface area contributed by atoms with E-state index in [1.165, 1.54) is 0 Å². The molecule has 0 aromatic heterocycles. The second-order valence-corrected chi connectivity index (χ2v) is 8.51. The molecule has 1 saturated heterocycles. The quantitative estimate of drug-likeness (QED) is 0.475. The molecule has 1 aliphatic heterocycles. The fraction of sp³-hybridized carbons (Fsp3) is 0.480. The van der Waals surface area contributed by atoms with E-state index < -0.39 is 36.5 Å². The van der Waals surface area contributed by atoms with Gasteiger partial charge in [0.15, 0.2) is 0 Å². The zero-order chi connectivity index (χ0) is 24.0. The summed E-state index contributed by atoms with van der Waals surface area (Å²) in [5.41, 5.74) is 2.45. The van der Waals surface area contributed by atoms with E-state index in [0.717, 1.165) is 16.9 Å². The van der Waals surface area contributed by atoms with Crippen molar-refractivity contribution in [2.24, 2.45) is 0 Å². The Morgan fingerprint density at radius 1 is 1.03 bits per heavy atom. The Kier molecular flexibility index (Phi) is 9.11. The van der Waals surface area contributed by atoms with E-state index in [-0.39, 0.29) is 13.0 Å². The van der Waals surface area contributed by atoms with Gasteiger partial charge < -0.3 is 29.5 Å². The molecule has 2 aromatic carbocycles. The lowest BCUT2D eigenvalue weighted by Gasteiger charge is -2.40. The number of ether oxygens (including phenoxy) is 3. The molecular formula is C25H31ClO7. The Morgan fingerprint density at radius 2 is 1.76 bits per heavy atom. The average molecular weight is 479 g/mol. The number of hydrogen-bond donors (Lipinski definition) is 3. The summed E-state index contributed by atoms with van der Waals surface area (Å²) in [5, 5.41) is 31.8. The fourth-order valence-electron chi connectivity index (χ4n) is 3.81. The molecule has 180 valence electrons. The van der Waals surface area contributed by atoms with Gasteiger partial charge in [-0.15, -0.1) is 0 Å². The maximum Gasteiger partial charge on any atom is 0.305 e. The Balaban J connectivity index is 1.77. The second kappa shape index (κ2) is 11.8. The molecule has 0 amide bonds. The Labute approximate surface area is 198 Å². The molecule has 0 saturated carbocycles. The first-order chi connectivity index (χ1) is 15.8. The van der Waals surface area contributed by atoms with Gasteiger partial charge in [0.25, 0.3) is 0 Å². The topological polar surface area (TPSA) is 105 Å². The number of carbonyl (C=O) groups excluding carboxylic acids is 1. The highest BCUT2D eigenvalue weighted by atomic mass is 35.5. The first-order valence-electron chi connectivity index (χ1n) is 11.2. The number of esters is 1. The van der Waals surface area contributed by atoms with Crippen molar-refractivity contribution >= 4 is 17.6 Å². The minimum absolute atomic E-state index is 0.215. The van der Waals surface area contributed by atoms with Crippen molar-refractivity contribution in [3.8, 4) is 5.75 Å². The molecule has 2 aromatic rings. The predicted molar refractivity (Wildman–Crippen MR) is 123 cm³/mol. The largest absolute Gasteiger partial charge is 0.494 e. The summed E-state index contributed by atoms with van der Waals surface area (Å²) < 4.78 is 16.5. The maximum absolute atomic E-state index is 11.7. The third kappa shape index (κ3) is 6.46. The summed E-state index contributed by atoms with van der Waals surface area (Å²) in [6.07, 6.45) is -4.66. The van der Waals surface area contributed by atoms with Gasteiger partial charge in [-0.2, -0.15) is 0 Å². The Morgan fingerprint density at radius 3 is 2.42 bits per heavy atom. The van der Waals surface area contributed by atoms with Crippen LogP contribution < -0.4 is 4.74 Å². The Hall–Kier alpha value is -2.16. The monoisotopic (exact) mass is 478 g/mol. The van der Waals surface area contributed by atoms with Crippen LogP contribution >= 0.6 is 11.6 Å². The molecule has 33 heavy (non-hydrogen) atoms. The average Bonchev–Trinajstić information content (AvgIpc) is 2.80. The second-order valence-electron chi connectivity index (χ2n) is 8.10. The van der Waals surface area contributed by atoms with E-state index in [4.69, 9.17) is 25.8 Å². The third-order valence-corrected chi connectivity index (χ3v) is 5.97. The Bertz CT molecular complexity index is 917. The standard InChI is InChI=1S/C25H31ClO7/c1-3-5-21(27)32-14-20-22(28)23(29)24(30)25(33-20)16-8-11-19(26)17(13-16)12-15-6-9-18(10-7-15)31-4-2/h6-11,13,20,22-25,28-30H,3-5,12,14H2,1-2H3/t20-,22-,23+,24-,25+/m1/s1. The van der Waals surface area contributed by atoms with Gasteiger partial charge in [-0.1, -0.05) is 42.8 Å². The van der Waals surface area contributed by atoms with Gasteiger partial charge in [0, 0.05) is 11.4 Å². The normalized spacial score (nSPS) is 25.0. The number of aliphatic hydroxyl groups excluding tert-OH is 3. The van der Waals surface area contributed by atoms with E-state index in [9.17, 15) is 20.1 Å². The molecule has 3 rings (SSSR count). The first-order valence-corrected chi connectivity index (χ1v) is 11.6. The van der Waals surface area contributed by atoms with Crippen molar-refractivity contribution in [2.75, 3.05) is 13.2 Å². The lowest BCUT2D eigenvalue weighted by atomic mass is 9.90. The molecule has 0 unspecified atom stereocenters. The number of benzene rings is 2. The van der Waals surface area contributed by atoms with E-state index in [1.807, 2.05) is 44.2 Å². The van der Waals surface area contributed by atoms with Crippen LogP contribution in [-0.2, 0) is 20.7 Å². The van der Waals surface area contributed by atoms with Gasteiger partial charge >= 0.3 is 5.97 Å². The SMILES string of the molecule is CCCC(=O)OC[C@H]1O[C@@H](c2ccc(Cl)c(Cc3ccc(OCC)cc3)c2)[C@H](O)[C@@H](O)[C@@H]1O. The zero-order valence-electron chi connectivity index (χ0n) is 18.8. The lowest BCUT2D eigenvalue weighted by Crippen LogP contribution is -2.55. The van der Waals surface area contributed by atoms with Gasteiger partial charge in [0.2, 0.25) is 0 Å². The number of carbonyl (C=O) groups is 1. The van der Waals surface area contributed by atoms with E-state index >= 15 is 0 Å². The first kappa shape index (κ1) is 25.5. The predicted octanol–water partition coefficient (Wildman–Crippen LogP) is 3.20. The summed E-state index contributed by atoms with van der Waals surface area (Å²) in [7, 11) is 0. The molecule has 5 atom stereocenters. The molecule has 0 spiro atoms. The number of halogens is 1. The molecule has 3 N–H and O–H groups in total. The number of rotatable bonds is 9. The van der Waals surface area contributed by atoms with Crippen LogP contribution in [0.4, 0.5) is 0 Å². The fourth-order valence-corrected chi connectivity index (χ4v) is 4.00. The van der Waals surface area contributed by atoms with Crippen molar-refractivity contribution in [1.29, 1.82) is 0 Å². The molecule has 1 fully saturated rings. The summed E-state index contributed by atoms with van der Waals surface area (Å²) in [5.74, 6) is 0.382. The van der Waals surface area contributed by atoms with Gasteiger partial charge in [-0.25, -0.2) is 0 Å². The molecule has 0 radical (unpaired) electrons. The highest BCUT2D eigenvalue weighted by Crippen LogP contribution is 2.34. The maximum atomic E-state index is 11.7. The number of hydrogen-bond acceptors (Lipinski definition) is 7. The summed E-state index contributed by atoms with van der Waals surface area (Å²) in [4.78, 5) is 11.7. The summed E-state index contributed by atoms with van der Waals surface area (Å²) >= 11 is 6.42. The smallest absolute Gasteiger partial charge is 0.305 e. The zero-order valence-corrected chi connectivity index (χ0v) is 19.6. The molecule has 7 nitrogen and oxygen atoms in total. The molecular weight excluding hydrogens is 448 g/mol. The van der Waals surface area contributed by atoms with E-state index in [0.29, 0.717) is 30.0 Å². The van der Waals surface area contributed by atoms with Crippen LogP contribution in [0.2, 0.25) is 5.02 Å². The van der Waals surface area contributed by atoms with Crippen LogP contribution in [0.25, 0.3) is 0 Å². The van der Waals surface area contributed by atoms with Crippen LogP contribution in [-0.4, -0.2) is 58.9 Å². The molecule has 0 bridgehead atoms. The van der Waals surface area contributed by atoms with Crippen molar-refractivity contribution in [1.82, 2.24) is 0 Å². The van der Waals surface area contributed by atoms with E-state index in [2.05, 4.69) is 0 Å². The third-order valence-electron chi connectivity index (χ3n) is 5.60. The van der Waals surface area contributed by atoms with Crippen molar-refractivity contribution in [3.05, 3.63) is 64.2 Å². The van der Waals surface area contributed by atoms with Crippen molar-refractivity contribution in [3.63, 3.8) is 0 Å². The molecule has 0 aliphatic carbocycles. The van der Waals surface area contributed by atoms with Crippen LogP contribution in [0.1, 0.15) is 49.5 Å². The molecule has 1 aliphatic rings. The van der Waals surface area contributed by atoms with Crippen molar-refractivity contribution in [2.45, 2.75) is 63.6 Å². The molecule has 1 heterocycles. The van der Waals surface area contributed by atoms with Crippen LogP contribution in [0, 0.1) is 0 Å². The van der Waals surface area contributed by atoms with Gasteiger partial charge in [0.05, 0.1) is 6.61 Å². The van der Waals surface area contributed by atoms with E-state index in [1.54, 1.807) is 12.1 Å². The van der Waals surface area contributed by atoms with Gasteiger partial charge in [-0.3, -0.25) is 4.79 Å². The van der Waals surface area contributed by atoms with Crippen LogP contribution in [0.5, 0.6) is 5.75 Å². The number of aliphatic hydroxyl groups is 3. The van der Waals surface area contributed by atoms with Gasteiger partial charge in [0.1, 0.15) is 42.9 Å². The summed E-state index contributed by atoms with van der Waals surface area (Å²) in [6.45, 7) is 4.16. The van der Waals surface area contributed by atoms with Crippen molar-refractivity contribution < 1.29 is 34.3 Å². The highest BCUT2D eigenvalue weighted by molar-refractivity contribution is 6.31. The lowest BCUT2D eigenvalue weighted by molar-refractivity contribution is -0.234. The molecule has 8 heteroatoms. The van der Waals surface area contributed by atoms with Crippen LogP contribution in [0.15, 0.2) is 42.5 Å². The highest BCUT2D eigenvalue weighted by Gasteiger charge is 2.44. The minimum atomic E-state index is -1.45. The minimum Gasteiger partial charge on any atom is -0.494 e.